The van der Waals surface area contributed by atoms with E-state index >= 15 is 0 Å². The number of hydrogen-bond donors (Lipinski definition) is 2. The predicted octanol–water partition coefficient (Wildman–Crippen LogP) is 2.47. The number of carbonyl (C=O) groups excluding carboxylic acids is 1. The molecule has 5 nitrogen and oxygen atoms in total. The molecule has 1 aromatic carbocycles. The average molecular weight is 330 g/mol. The summed E-state index contributed by atoms with van der Waals surface area (Å²) < 4.78 is 8.58. The molecule has 24 heavy (non-hydrogen) atoms. The molecule has 2 heterocycles. The van der Waals surface area contributed by atoms with Gasteiger partial charge in [-0.25, -0.2) is 0 Å². The SMILES string of the molecule is CCn1c2c(c3ccccc31)CCOC2(CCCO)CCC(N)=O. The number of benzene rings is 1. The Labute approximate surface area is 142 Å². The van der Waals surface area contributed by atoms with Crippen molar-refractivity contribution in [3.63, 3.8) is 0 Å². The standard InChI is InChI=1S/C19H26N2O3/c1-2-21-16-7-4-3-6-14(16)15-9-13-24-19(18(15)21,10-5-12-22)11-8-17(20)23/h3-4,6-7,22H,2,5,8-13H2,1H3,(H2,20,23). The van der Waals surface area contributed by atoms with Crippen LogP contribution < -0.4 is 5.73 Å². The number of rotatable bonds is 7. The van der Waals surface area contributed by atoms with Crippen LogP contribution in [-0.2, 0) is 28.1 Å². The summed E-state index contributed by atoms with van der Waals surface area (Å²) in [5, 5.41) is 10.6. The van der Waals surface area contributed by atoms with Crippen LogP contribution in [0.5, 0.6) is 0 Å². The molecule has 1 aromatic heterocycles. The monoisotopic (exact) mass is 330 g/mol. The van der Waals surface area contributed by atoms with Crippen molar-refractivity contribution >= 4 is 16.8 Å². The first kappa shape index (κ1) is 17.0. The van der Waals surface area contributed by atoms with E-state index in [1.807, 2.05) is 0 Å². The molecular formula is C19H26N2O3. The minimum Gasteiger partial charge on any atom is -0.396 e. The zero-order chi connectivity index (χ0) is 17.2. The second-order valence-electron chi connectivity index (χ2n) is 6.47. The van der Waals surface area contributed by atoms with Crippen molar-refractivity contribution in [3.8, 4) is 0 Å². The van der Waals surface area contributed by atoms with E-state index in [4.69, 9.17) is 10.5 Å². The third kappa shape index (κ3) is 2.82. The molecule has 1 aliphatic rings. The van der Waals surface area contributed by atoms with Crippen molar-refractivity contribution < 1.29 is 14.6 Å². The highest BCUT2D eigenvalue weighted by Gasteiger charge is 2.41. The van der Waals surface area contributed by atoms with Crippen LogP contribution in [0.2, 0.25) is 0 Å². The molecule has 1 atom stereocenters. The van der Waals surface area contributed by atoms with Crippen LogP contribution in [-0.4, -0.2) is 28.8 Å². The first-order valence-corrected chi connectivity index (χ1v) is 8.76. The van der Waals surface area contributed by atoms with Gasteiger partial charge in [0.25, 0.3) is 0 Å². The summed E-state index contributed by atoms with van der Waals surface area (Å²) in [6.07, 6.45) is 3.06. The van der Waals surface area contributed by atoms with Gasteiger partial charge in [0, 0.05) is 30.5 Å². The fourth-order valence-corrected chi connectivity index (χ4v) is 4.09. The van der Waals surface area contributed by atoms with Crippen LogP contribution in [0, 0.1) is 0 Å². The maximum atomic E-state index is 11.4. The van der Waals surface area contributed by atoms with Crippen LogP contribution in [0.15, 0.2) is 24.3 Å². The third-order valence-corrected chi connectivity index (χ3v) is 5.07. The van der Waals surface area contributed by atoms with Gasteiger partial charge in [0.1, 0.15) is 5.60 Å². The van der Waals surface area contributed by atoms with E-state index in [0.717, 1.165) is 13.0 Å². The van der Waals surface area contributed by atoms with Gasteiger partial charge in [-0.3, -0.25) is 4.79 Å². The number of hydrogen-bond acceptors (Lipinski definition) is 3. The normalized spacial score (nSPS) is 20.2. The van der Waals surface area contributed by atoms with Gasteiger partial charge in [-0.1, -0.05) is 18.2 Å². The second-order valence-corrected chi connectivity index (χ2v) is 6.47. The van der Waals surface area contributed by atoms with Gasteiger partial charge in [-0.15, -0.1) is 0 Å². The van der Waals surface area contributed by atoms with Crippen molar-refractivity contribution in [1.82, 2.24) is 4.57 Å². The summed E-state index contributed by atoms with van der Waals surface area (Å²) in [7, 11) is 0. The van der Waals surface area contributed by atoms with Crippen molar-refractivity contribution in [2.24, 2.45) is 5.73 Å². The Hall–Kier alpha value is -1.85. The predicted molar refractivity (Wildman–Crippen MR) is 93.7 cm³/mol. The van der Waals surface area contributed by atoms with Gasteiger partial charge >= 0.3 is 0 Å². The molecule has 0 saturated heterocycles. The molecule has 2 aromatic rings. The molecule has 0 spiro atoms. The van der Waals surface area contributed by atoms with Gasteiger partial charge in [0.05, 0.1) is 12.3 Å². The zero-order valence-electron chi connectivity index (χ0n) is 14.3. The van der Waals surface area contributed by atoms with Crippen molar-refractivity contribution in [3.05, 3.63) is 35.5 Å². The molecule has 130 valence electrons. The highest BCUT2D eigenvalue weighted by Crippen LogP contribution is 2.44. The number of aliphatic hydroxyl groups excluding tert-OH is 1. The Morgan fingerprint density at radius 3 is 2.88 bits per heavy atom. The average Bonchev–Trinajstić information content (AvgIpc) is 2.93. The van der Waals surface area contributed by atoms with E-state index in [0.29, 0.717) is 25.9 Å². The van der Waals surface area contributed by atoms with E-state index in [2.05, 4.69) is 35.8 Å². The van der Waals surface area contributed by atoms with E-state index in [-0.39, 0.29) is 18.9 Å². The molecule has 1 unspecified atom stereocenters. The lowest BCUT2D eigenvalue weighted by atomic mass is 9.83. The van der Waals surface area contributed by atoms with E-state index < -0.39 is 5.60 Å². The lowest BCUT2D eigenvalue weighted by Crippen LogP contribution is -2.38. The van der Waals surface area contributed by atoms with Crippen LogP contribution in [0.25, 0.3) is 10.9 Å². The summed E-state index contributed by atoms with van der Waals surface area (Å²) in [5.74, 6) is -0.312. The van der Waals surface area contributed by atoms with E-state index in [1.165, 1.54) is 22.2 Å². The summed E-state index contributed by atoms with van der Waals surface area (Å²) in [6, 6.07) is 8.43. The number of aromatic nitrogens is 1. The van der Waals surface area contributed by atoms with E-state index in [9.17, 15) is 9.90 Å². The van der Waals surface area contributed by atoms with Gasteiger partial charge in [-0.05, 0) is 44.2 Å². The van der Waals surface area contributed by atoms with Crippen LogP contribution in [0.1, 0.15) is 43.9 Å². The fourth-order valence-electron chi connectivity index (χ4n) is 4.09. The topological polar surface area (TPSA) is 77.5 Å². The lowest BCUT2D eigenvalue weighted by molar-refractivity contribution is -0.122. The lowest BCUT2D eigenvalue weighted by Gasteiger charge is -2.39. The van der Waals surface area contributed by atoms with Crippen molar-refractivity contribution in [2.75, 3.05) is 13.2 Å². The van der Waals surface area contributed by atoms with Gasteiger partial charge in [0.2, 0.25) is 5.91 Å². The molecule has 0 bridgehead atoms. The zero-order valence-corrected chi connectivity index (χ0v) is 14.3. The number of para-hydroxylation sites is 1. The van der Waals surface area contributed by atoms with Crippen molar-refractivity contribution in [1.29, 1.82) is 0 Å². The maximum absolute atomic E-state index is 11.4. The van der Waals surface area contributed by atoms with Crippen LogP contribution >= 0.6 is 0 Å². The molecule has 5 heteroatoms. The van der Waals surface area contributed by atoms with Crippen LogP contribution in [0.3, 0.4) is 0 Å². The van der Waals surface area contributed by atoms with E-state index in [1.54, 1.807) is 0 Å². The smallest absolute Gasteiger partial charge is 0.217 e. The fraction of sp³-hybridized carbons (Fsp3) is 0.526. The number of primary amides is 1. The highest BCUT2D eigenvalue weighted by atomic mass is 16.5. The Morgan fingerprint density at radius 2 is 2.17 bits per heavy atom. The molecule has 1 amide bonds. The summed E-state index contributed by atoms with van der Waals surface area (Å²) in [5.41, 5.74) is 8.58. The summed E-state index contributed by atoms with van der Waals surface area (Å²) in [6.45, 7) is 3.72. The molecule has 0 radical (unpaired) electrons. The summed E-state index contributed by atoms with van der Waals surface area (Å²) >= 11 is 0. The Morgan fingerprint density at radius 1 is 1.38 bits per heavy atom. The quantitative estimate of drug-likeness (QED) is 0.818. The molecule has 0 aliphatic carbocycles. The van der Waals surface area contributed by atoms with Crippen LogP contribution in [0.4, 0.5) is 0 Å². The molecular weight excluding hydrogens is 304 g/mol. The second kappa shape index (κ2) is 6.95. The Bertz CT molecular complexity index is 705. The van der Waals surface area contributed by atoms with Crippen molar-refractivity contribution in [2.45, 2.75) is 51.2 Å². The number of aryl methyl sites for hydroxylation is 1. The molecule has 1 aliphatic heterocycles. The Balaban J connectivity index is 2.17. The highest BCUT2D eigenvalue weighted by molar-refractivity contribution is 5.86. The molecule has 3 N–H and O–H groups in total. The summed E-state index contributed by atoms with van der Waals surface area (Å²) in [4.78, 5) is 11.4. The number of aliphatic hydroxyl groups is 1. The third-order valence-electron chi connectivity index (χ3n) is 5.07. The first-order chi connectivity index (χ1) is 11.6. The number of nitrogens with zero attached hydrogens (tertiary/aromatic N) is 1. The number of ether oxygens (including phenoxy) is 1. The maximum Gasteiger partial charge on any atom is 0.217 e. The first-order valence-electron chi connectivity index (χ1n) is 8.76. The largest absolute Gasteiger partial charge is 0.396 e. The minimum atomic E-state index is -0.541. The van der Waals surface area contributed by atoms with Gasteiger partial charge in [-0.2, -0.15) is 0 Å². The molecule has 0 fully saturated rings. The number of amides is 1. The molecule has 3 rings (SSSR count). The number of nitrogens with two attached hydrogens (primary N) is 1. The minimum absolute atomic E-state index is 0.114. The molecule has 0 saturated carbocycles. The van der Waals surface area contributed by atoms with Gasteiger partial charge < -0.3 is 20.1 Å². The number of fused-ring (bicyclic) bond motifs is 3. The number of carbonyl (C=O) groups is 1. The van der Waals surface area contributed by atoms with Gasteiger partial charge in [0.15, 0.2) is 0 Å². The Kier molecular flexibility index (Phi) is 4.92.